The first-order chi connectivity index (χ1) is 8.61. The van der Waals surface area contributed by atoms with E-state index in [1.54, 1.807) is 13.2 Å². The largest absolute Gasteiger partial charge is 0.377 e. The first kappa shape index (κ1) is 13.7. The van der Waals surface area contributed by atoms with Crippen molar-refractivity contribution in [3.8, 4) is 0 Å². The molecule has 0 radical (unpaired) electrons. The number of rotatable bonds is 5. The predicted molar refractivity (Wildman–Crippen MR) is 69.8 cm³/mol. The highest BCUT2D eigenvalue weighted by Gasteiger charge is 2.44. The molecule has 1 fully saturated rings. The van der Waals surface area contributed by atoms with E-state index in [4.69, 9.17) is 22.2 Å². The van der Waals surface area contributed by atoms with Crippen molar-refractivity contribution in [2.75, 3.05) is 7.11 Å². The van der Waals surface area contributed by atoms with Crippen molar-refractivity contribution >= 4 is 11.6 Å². The maximum absolute atomic E-state index is 13.4. The molecule has 100 valence electrons. The molecule has 1 saturated carbocycles. The van der Waals surface area contributed by atoms with Crippen LogP contribution in [0.15, 0.2) is 18.2 Å². The highest BCUT2D eigenvalue weighted by molar-refractivity contribution is 6.30. The number of nitrogens with two attached hydrogens (primary N) is 1. The summed E-state index contributed by atoms with van der Waals surface area (Å²) in [6.45, 7) is 0. The summed E-state index contributed by atoms with van der Waals surface area (Å²) in [6.07, 6.45) is 3.72. The Labute approximate surface area is 111 Å². The van der Waals surface area contributed by atoms with Gasteiger partial charge in [0.25, 0.3) is 0 Å². The summed E-state index contributed by atoms with van der Waals surface area (Å²) >= 11 is 5.67. The summed E-state index contributed by atoms with van der Waals surface area (Å²) < 4.78 is 19.0. The molecule has 0 amide bonds. The lowest BCUT2D eigenvalue weighted by Gasteiger charge is -2.46. The Balaban J connectivity index is 2.12. The van der Waals surface area contributed by atoms with Crippen LogP contribution in [-0.4, -0.2) is 18.8 Å². The zero-order valence-corrected chi connectivity index (χ0v) is 11.1. The molecule has 1 aliphatic rings. The molecule has 0 saturated heterocycles. The smallest absolute Gasteiger partial charge is 0.142 e. The van der Waals surface area contributed by atoms with Gasteiger partial charge in [-0.25, -0.2) is 4.39 Å². The third-order valence-corrected chi connectivity index (χ3v) is 4.17. The van der Waals surface area contributed by atoms with Crippen molar-refractivity contribution in [3.63, 3.8) is 0 Å². The summed E-state index contributed by atoms with van der Waals surface area (Å²) in [7, 11) is 1.70. The van der Waals surface area contributed by atoms with Gasteiger partial charge in [-0.1, -0.05) is 17.7 Å². The average molecular weight is 273 g/mol. The molecule has 0 bridgehead atoms. The van der Waals surface area contributed by atoms with Crippen molar-refractivity contribution in [1.82, 2.24) is 5.43 Å². The molecule has 3 N–H and O–H groups in total. The molecule has 0 spiro atoms. The van der Waals surface area contributed by atoms with Crippen molar-refractivity contribution in [1.29, 1.82) is 0 Å². The van der Waals surface area contributed by atoms with Crippen molar-refractivity contribution < 1.29 is 9.13 Å². The molecule has 1 aliphatic carbocycles. The highest BCUT2D eigenvalue weighted by Crippen LogP contribution is 2.39. The number of methoxy groups -OCH3 is 1. The summed E-state index contributed by atoms with van der Waals surface area (Å²) in [5.74, 6) is 5.21. The van der Waals surface area contributed by atoms with E-state index in [-0.39, 0.29) is 16.7 Å². The van der Waals surface area contributed by atoms with Crippen LogP contribution >= 0.6 is 11.6 Å². The van der Waals surface area contributed by atoms with Gasteiger partial charge >= 0.3 is 0 Å². The maximum Gasteiger partial charge on any atom is 0.142 e. The second-order valence-corrected chi connectivity index (χ2v) is 5.20. The van der Waals surface area contributed by atoms with Gasteiger partial charge < -0.3 is 4.74 Å². The normalized spacial score (nSPS) is 19.3. The van der Waals surface area contributed by atoms with Crippen LogP contribution in [0.2, 0.25) is 5.02 Å². The third kappa shape index (κ3) is 2.52. The molecule has 3 nitrogen and oxygen atoms in total. The van der Waals surface area contributed by atoms with Crippen LogP contribution in [0.25, 0.3) is 0 Å². The molecule has 18 heavy (non-hydrogen) atoms. The molecule has 5 heteroatoms. The molecular weight excluding hydrogens is 255 g/mol. The molecule has 1 unspecified atom stereocenters. The lowest BCUT2D eigenvalue weighted by Crippen LogP contribution is -2.59. The molecule has 0 heterocycles. The first-order valence-electron chi connectivity index (χ1n) is 6.06. The van der Waals surface area contributed by atoms with Gasteiger partial charge in [0.1, 0.15) is 5.82 Å². The number of benzene rings is 1. The Morgan fingerprint density at radius 2 is 2.28 bits per heavy atom. The van der Waals surface area contributed by atoms with Crippen molar-refractivity contribution in [3.05, 3.63) is 34.6 Å². The second kappa shape index (κ2) is 5.53. The quantitative estimate of drug-likeness (QED) is 0.639. The van der Waals surface area contributed by atoms with E-state index in [1.165, 1.54) is 6.07 Å². The topological polar surface area (TPSA) is 47.3 Å². The van der Waals surface area contributed by atoms with Gasteiger partial charge in [-0.15, -0.1) is 0 Å². The molecule has 1 aromatic rings. The number of halogens is 2. The molecular formula is C13H18ClFN2O. The Morgan fingerprint density at radius 3 is 2.72 bits per heavy atom. The second-order valence-electron chi connectivity index (χ2n) is 4.79. The van der Waals surface area contributed by atoms with Gasteiger partial charge in [0.15, 0.2) is 0 Å². The van der Waals surface area contributed by atoms with Crippen LogP contribution in [0.3, 0.4) is 0 Å². The Bertz CT molecular complexity index is 418. The van der Waals surface area contributed by atoms with Crippen LogP contribution in [0.4, 0.5) is 4.39 Å². The molecule has 0 aromatic heterocycles. The fraction of sp³-hybridized carbons (Fsp3) is 0.538. The first-order valence-corrected chi connectivity index (χ1v) is 6.44. The van der Waals surface area contributed by atoms with Crippen LogP contribution in [0.5, 0.6) is 0 Å². The number of hydrazine groups is 1. The van der Waals surface area contributed by atoms with Gasteiger partial charge in [-0.05, 0) is 43.4 Å². The maximum atomic E-state index is 13.4. The van der Waals surface area contributed by atoms with Gasteiger partial charge in [0.2, 0.25) is 0 Å². The standard InChI is InChI=1S/C13H18ClFN2O/c1-18-13(5-2-6-13)12(17-16)8-9-3-4-10(14)11(15)7-9/h3-4,7,12,17H,2,5-6,8,16H2,1H3. The summed E-state index contributed by atoms with van der Waals surface area (Å²) in [5, 5.41) is 0.140. The number of ether oxygens (including phenoxy) is 1. The van der Waals surface area contributed by atoms with E-state index in [0.717, 1.165) is 24.8 Å². The molecule has 1 atom stereocenters. The number of hydrogen-bond donors (Lipinski definition) is 2. The average Bonchev–Trinajstić information content (AvgIpc) is 2.31. The van der Waals surface area contributed by atoms with Crippen LogP contribution in [-0.2, 0) is 11.2 Å². The van der Waals surface area contributed by atoms with Crippen LogP contribution < -0.4 is 11.3 Å². The van der Waals surface area contributed by atoms with Gasteiger partial charge in [0.05, 0.1) is 16.7 Å². The third-order valence-electron chi connectivity index (χ3n) is 3.87. The predicted octanol–water partition coefficient (Wildman–Crippen LogP) is 2.42. The van der Waals surface area contributed by atoms with Crippen LogP contribution in [0, 0.1) is 5.82 Å². The zero-order chi connectivity index (χ0) is 13.2. The highest BCUT2D eigenvalue weighted by atomic mass is 35.5. The summed E-state index contributed by atoms with van der Waals surface area (Å²) in [6, 6.07) is 4.82. The fourth-order valence-corrected chi connectivity index (χ4v) is 2.64. The summed E-state index contributed by atoms with van der Waals surface area (Å²) in [5.41, 5.74) is 3.44. The van der Waals surface area contributed by atoms with E-state index < -0.39 is 5.82 Å². The zero-order valence-electron chi connectivity index (χ0n) is 10.4. The van der Waals surface area contributed by atoms with E-state index in [2.05, 4.69) is 5.43 Å². The SMILES string of the molecule is COC1(C(Cc2ccc(Cl)c(F)c2)NN)CCC1. The Morgan fingerprint density at radius 1 is 1.56 bits per heavy atom. The molecule has 1 aromatic carbocycles. The fourth-order valence-electron chi connectivity index (χ4n) is 2.52. The van der Waals surface area contributed by atoms with Gasteiger partial charge in [-0.2, -0.15) is 0 Å². The van der Waals surface area contributed by atoms with Crippen LogP contribution in [0.1, 0.15) is 24.8 Å². The van der Waals surface area contributed by atoms with E-state index in [1.807, 2.05) is 6.07 Å². The monoisotopic (exact) mass is 272 g/mol. The van der Waals surface area contributed by atoms with Gasteiger partial charge in [-0.3, -0.25) is 11.3 Å². The Hall–Kier alpha value is -0.680. The van der Waals surface area contributed by atoms with E-state index >= 15 is 0 Å². The van der Waals surface area contributed by atoms with Crippen molar-refractivity contribution in [2.24, 2.45) is 5.84 Å². The molecule has 0 aliphatic heterocycles. The van der Waals surface area contributed by atoms with E-state index in [9.17, 15) is 4.39 Å². The minimum atomic E-state index is -0.398. The minimum Gasteiger partial charge on any atom is -0.377 e. The molecule has 2 rings (SSSR count). The Kier molecular flexibility index (Phi) is 4.22. The lowest BCUT2D eigenvalue weighted by molar-refractivity contribution is -0.0982. The minimum absolute atomic E-state index is 0.0168. The number of nitrogens with one attached hydrogen (secondary N) is 1. The van der Waals surface area contributed by atoms with Gasteiger partial charge in [0, 0.05) is 7.11 Å². The van der Waals surface area contributed by atoms with E-state index in [0.29, 0.717) is 6.42 Å². The van der Waals surface area contributed by atoms with Crippen molar-refractivity contribution in [2.45, 2.75) is 37.3 Å². The number of hydrogen-bond acceptors (Lipinski definition) is 3. The summed E-state index contributed by atoms with van der Waals surface area (Å²) in [4.78, 5) is 0. The lowest BCUT2D eigenvalue weighted by atomic mass is 9.73.